The summed E-state index contributed by atoms with van der Waals surface area (Å²) in [5.41, 5.74) is 8.27. The summed E-state index contributed by atoms with van der Waals surface area (Å²) in [6.07, 6.45) is 5.18. The molecular weight excluding hydrogens is 312 g/mol. The molecular formula is C26H30. The molecule has 0 saturated carbocycles. The molecule has 0 N–H and O–H groups in total. The molecule has 0 spiro atoms. The largest absolute Gasteiger partial charge is 0.0985 e. The van der Waals surface area contributed by atoms with E-state index in [4.69, 9.17) is 0 Å². The third-order valence-electron chi connectivity index (χ3n) is 4.84. The second kappa shape index (κ2) is 10.4. The standard InChI is InChI=1S/C18H20.C8H10/c1-4-15-11-8-12-17(14(15)3)13-18-10-7-6-9-16(18)5-2;1-2-8-6-4-3-5-7-8/h4,6-12H,1,5,13H2,2-3H3;3-7H,2H2,1H3. The summed E-state index contributed by atoms with van der Waals surface area (Å²) in [6, 6.07) is 25.6. The maximum Gasteiger partial charge on any atom is -0.00202 e. The Morgan fingerprint density at radius 1 is 0.692 bits per heavy atom. The van der Waals surface area contributed by atoms with Gasteiger partial charge >= 0.3 is 0 Å². The molecule has 0 saturated heterocycles. The summed E-state index contributed by atoms with van der Waals surface area (Å²) in [4.78, 5) is 0. The average molecular weight is 343 g/mol. The van der Waals surface area contributed by atoms with Crippen molar-refractivity contribution in [1.29, 1.82) is 0 Å². The van der Waals surface area contributed by atoms with E-state index in [1.54, 1.807) is 0 Å². The van der Waals surface area contributed by atoms with E-state index in [0.29, 0.717) is 0 Å². The zero-order valence-electron chi connectivity index (χ0n) is 16.3. The number of hydrogen-bond acceptors (Lipinski definition) is 0. The minimum absolute atomic E-state index is 1.01. The quantitative estimate of drug-likeness (QED) is 0.466. The predicted octanol–water partition coefficient (Wildman–Crippen LogP) is 7.04. The number of rotatable bonds is 5. The van der Waals surface area contributed by atoms with E-state index >= 15 is 0 Å². The van der Waals surface area contributed by atoms with Crippen LogP contribution in [0.3, 0.4) is 0 Å². The Morgan fingerprint density at radius 3 is 1.88 bits per heavy atom. The van der Waals surface area contributed by atoms with Gasteiger partial charge < -0.3 is 0 Å². The van der Waals surface area contributed by atoms with Crippen LogP contribution < -0.4 is 0 Å². The molecule has 0 aliphatic carbocycles. The van der Waals surface area contributed by atoms with Gasteiger partial charge in [0.2, 0.25) is 0 Å². The van der Waals surface area contributed by atoms with Crippen molar-refractivity contribution in [1.82, 2.24) is 0 Å². The molecule has 0 unspecified atom stereocenters. The lowest BCUT2D eigenvalue weighted by Gasteiger charge is -2.11. The number of benzene rings is 3. The predicted molar refractivity (Wildman–Crippen MR) is 116 cm³/mol. The molecule has 0 bridgehead atoms. The van der Waals surface area contributed by atoms with Crippen molar-refractivity contribution < 1.29 is 0 Å². The number of aryl methyl sites for hydroxylation is 2. The fourth-order valence-corrected chi connectivity index (χ4v) is 3.11. The van der Waals surface area contributed by atoms with Gasteiger partial charge in [0.05, 0.1) is 0 Å². The van der Waals surface area contributed by atoms with Crippen LogP contribution >= 0.6 is 0 Å². The van der Waals surface area contributed by atoms with Crippen molar-refractivity contribution in [2.75, 3.05) is 0 Å². The van der Waals surface area contributed by atoms with Gasteiger partial charge in [-0.05, 0) is 59.6 Å². The Labute approximate surface area is 159 Å². The molecule has 0 radical (unpaired) electrons. The molecule has 0 nitrogen and oxygen atoms in total. The summed E-state index contributed by atoms with van der Waals surface area (Å²) in [5.74, 6) is 0. The van der Waals surface area contributed by atoms with Crippen LogP contribution in [0.15, 0.2) is 79.4 Å². The number of hydrogen-bond donors (Lipinski definition) is 0. The van der Waals surface area contributed by atoms with Gasteiger partial charge in [0, 0.05) is 0 Å². The van der Waals surface area contributed by atoms with Gasteiger partial charge in [-0.2, -0.15) is 0 Å². The van der Waals surface area contributed by atoms with E-state index in [1.165, 1.54) is 33.4 Å². The van der Waals surface area contributed by atoms with Crippen LogP contribution in [0, 0.1) is 6.92 Å². The lowest BCUT2D eigenvalue weighted by atomic mass is 9.94. The zero-order chi connectivity index (χ0) is 18.8. The van der Waals surface area contributed by atoms with E-state index in [-0.39, 0.29) is 0 Å². The maximum absolute atomic E-state index is 3.87. The first-order valence-corrected chi connectivity index (χ1v) is 9.51. The Balaban J connectivity index is 0.000000254. The molecule has 0 heteroatoms. The molecule has 3 aromatic rings. The first kappa shape index (κ1) is 19.7. The average Bonchev–Trinajstić information content (AvgIpc) is 2.71. The normalized spacial score (nSPS) is 9.96. The second-order valence-electron chi connectivity index (χ2n) is 6.47. The summed E-state index contributed by atoms with van der Waals surface area (Å²) in [6.45, 7) is 10.4. The molecule has 0 amide bonds. The Kier molecular flexibility index (Phi) is 7.89. The zero-order valence-corrected chi connectivity index (χ0v) is 16.3. The summed E-state index contributed by atoms with van der Waals surface area (Å²) in [7, 11) is 0. The highest BCUT2D eigenvalue weighted by Crippen LogP contribution is 2.20. The van der Waals surface area contributed by atoms with Gasteiger partial charge in [0.15, 0.2) is 0 Å². The maximum atomic E-state index is 3.87. The van der Waals surface area contributed by atoms with Crippen LogP contribution in [0.2, 0.25) is 0 Å². The lowest BCUT2D eigenvalue weighted by molar-refractivity contribution is 1.05. The first-order valence-electron chi connectivity index (χ1n) is 9.51. The summed E-state index contributed by atoms with van der Waals surface area (Å²) in [5, 5.41) is 0. The monoisotopic (exact) mass is 342 g/mol. The van der Waals surface area contributed by atoms with Crippen molar-refractivity contribution in [3.8, 4) is 0 Å². The van der Waals surface area contributed by atoms with E-state index in [9.17, 15) is 0 Å². The van der Waals surface area contributed by atoms with Crippen molar-refractivity contribution in [3.05, 3.63) is 113 Å². The molecule has 3 rings (SSSR count). The fourth-order valence-electron chi connectivity index (χ4n) is 3.11. The highest BCUT2D eigenvalue weighted by atomic mass is 14.1. The molecule has 0 fully saturated rings. The Bertz CT molecular complexity index is 812. The van der Waals surface area contributed by atoms with Gasteiger partial charge in [-0.3, -0.25) is 0 Å². The van der Waals surface area contributed by atoms with Gasteiger partial charge in [0.25, 0.3) is 0 Å². The summed E-state index contributed by atoms with van der Waals surface area (Å²) >= 11 is 0. The SMILES string of the molecule is C=Cc1cccc(Cc2ccccc2CC)c1C.CCc1ccccc1. The lowest BCUT2D eigenvalue weighted by Crippen LogP contribution is -1.97. The third kappa shape index (κ3) is 5.46. The van der Waals surface area contributed by atoms with Crippen LogP contribution in [-0.4, -0.2) is 0 Å². The fraction of sp³-hybridized carbons (Fsp3) is 0.231. The summed E-state index contributed by atoms with van der Waals surface area (Å²) < 4.78 is 0. The second-order valence-corrected chi connectivity index (χ2v) is 6.47. The highest BCUT2D eigenvalue weighted by Gasteiger charge is 2.05. The van der Waals surface area contributed by atoms with Crippen LogP contribution in [0.5, 0.6) is 0 Å². The van der Waals surface area contributed by atoms with Crippen LogP contribution in [0.25, 0.3) is 6.08 Å². The Morgan fingerprint density at radius 2 is 1.31 bits per heavy atom. The van der Waals surface area contributed by atoms with Crippen molar-refractivity contribution >= 4 is 6.08 Å². The highest BCUT2D eigenvalue weighted by molar-refractivity contribution is 5.54. The van der Waals surface area contributed by atoms with Gasteiger partial charge in [-0.25, -0.2) is 0 Å². The molecule has 134 valence electrons. The topological polar surface area (TPSA) is 0 Å². The first-order chi connectivity index (χ1) is 12.7. The van der Waals surface area contributed by atoms with Gasteiger partial charge in [-0.15, -0.1) is 0 Å². The molecule has 0 heterocycles. The van der Waals surface area contributed by atoms with E-state index < -0.39 is 0 Å². The van der Waals surface area contributed by atoms with Gasteiger partial charge in [0.1, 0.15) is 0 Å². The Hall–Kier alpha value is -2.60. The van der Waals surface area contributed by atoms with E-state index in [2.05, 4.69) is 94.1 Å². The molecule has 0 atom stereocenters. The smallest absolute Gasteiger partial charge is 0.00202 e. The van der Waals surface area contributed by atoms with Crippen LogP contribution in [-0.2, 0) is 19.3 Å². The van der Waals surface area contributed by atoms with Crippen LogP contribution in [0.4, 0.5) is 0 Å². The van der Waals surface area contributed by atoms with Crippen molar-refractivity contribution in [2.45, 2.75) is 40.0 Å². The van der Waals surface area contributed by atoms with E-state index in [1.807, 2.05) is 12.1 Å². The van der Waals surface area contributed by atoms with Crippen molar-refractivity contribution in [3.63, 3.8) is 0 Å². The molecule has 26 heavy (non-hydrogen) atoms. The molecule has 0 aromatic heterocycles. The van der Waals surface area contributed by atoms with Crippen LogP contribution in [0.1, 0.15) is 47.2 Å². The minimum Gasteiger partial charge on any atom is -0.0985 e. The molecule has 3 aromatic carbocycles. The van der Waals surface area contributed by atoms with Gasteiger partial charge in [-0.1, -0.05) is 99.3 Å². The third-order valence-corrected chi connectivity index (χ3v) is 4.84. The minimum atomic E-state index is 1.01. The molecule has 0 aliphatic rings. The van der Waals surface area contributed by atoms with Crippen molar-refractivity contribution in [2.24, 2.45) is 0 Å². The molecule has 0 aliphatic heterocycles. The van der Waals surface area contributed by atoms with E-state index in [0.717, 1.165) is 19.3 Å².